The topological polar surface area (TPSA) is 0 Å². The summed E-state index contributed by atoms with van der Waals surface area (Å²) in [5.41, 5.74) is 3.57. The average molecular weight is 372 g/mol. The van der Waals surface area contributed by atoms with Crippen LogP contribution in [-0.4, -0.2) is 0 Å². The summed E-state index contributed by atoms with van der Waals surface area (Å²) in [7, 11) is 0. The molecule has 0 aromatic heterocycles. The van der Waals surface area contributed by atoms with Crippen LogP contribution in [0.5, 0.6) is 0 Å². The van der Waals surface area contributed by atoms with Gasteiger partial charge in [0.1, 0.15) is 0 Å². The number of hydrogen-bond acceptors (Lipinski definition) is 0. The van der Waals surface area contributed by atoms with Gasteiger partial charge in [-0.3, -0.25) is 0 Å². The van der Waals surface area contributed by atoms with Gasteiger partial charge in [0.25, 0.3) is 0 Å². The highest BCUT2D eigenvalue weighted by Crippen LogP contribution is 2.36. The van der Waals surface area contributed by atoms with Crippen LogP contribution in [0.2, 0.25) is 10.0 Å². The van der Waals surface area contributed by atoms with Crippen LogP contribution in [0.4, 0.5) is 0 Å². The lowest BCUT2D eigenvalue weighted by Crippen LogP contribution is -1.95. The van der Waals surface area contributed by atoms with Gasteiger partial charge in [-0.1, -0.05) is 76.7 Å². The maximum Gasteiger partial charge on any atom is 0.0659 e. The van der Waals surface area contributed by atoms with E-state index in [4.69, 9.17) is 23.2 Å². The quantitative estimate of drug-likeness (QED) is 0.505. The number of unbranched alkanes of at least 4 members (excludes halogenated alkanes) is 1. The van der Waals surface area contributed by atoms with Crippen LogP contribution >= 0.6 is 39.1 Å². The summed E-state index contributed by atoms with van der Waals surface area (Å²) in [6.45, 7) is 2.21. The largest absolute Gasteiger partial charge is 0.0843 e. The van der Waals surface area contributed by atoms with Gasteiger partial charge in [-0.25, -0.2) is 0 Å². The van der Waals surface area contributed by atoms with Gasteiger partial charge in [-0.2, -0.15) is 0 Å². The molecule has 0 aliphatic rings. The van der Waals surface area contributed by atoms with E-state index in [1.165, 1.54) is 24.0 Å². The maximum atomic E-state index is 6.25. The van der Waals surface area contributed by atoms with Crippen molar-refractivity contribution >= 4 is 39.1 Å². The Morgan fingerprint density at radius 2 is 1.75 bits per heavy atom. The molecule has 0 aliphatic heterocycles. The number of aryl methyl sites for hydroxylation is 1. The van der Waals surface area contributed by atoms with Crippen LogP contribution in [-0.2, 0) is 6.42 Å². The van der Waals surface area contributed by atoms with E-state index in [-0.39, 0.29) is 4.83 Å². The Morgan fingerprint density at radius 3 is 2.40 bits per heavy atom. The third-order valence-corrected chi connectivity index (χ3v) is 4.92. The highest BCUT2D eigenvalue weighted by atomic mass is 79.9. The Labute approximate surface area is 139 Å². The molecule has 1 unspecified atom stereocenters. The van der Waals surface area contributed by atoms with E-state index in [1.54, 1.807) is 6.07 Å². The number of rotatable bonds is 5. The molecule has 106 valence electrons. The second kappa shape index (κ2) is 7.49. The highest BCUT2D eigenvalue weighted by molar-refractivity contribution is 9.09. The van der Waals surface area contributed by atoms with E-state index < -0.39 is 0 Å². The molecule has 0 heterocycles. The van der Waals surface area contributed by atoms with Crippen LogP contribution in [0.15, 0.2) is 42.5 Å². The summed E-state index contributed by atoms with van der Waals surface area (Å²) in [5, 5.41) is 1.43. The van der Waals surface area contributed by atoms with E-state index in [9.17, 15) is 0 Å². The van der Waals surface area contributed by atoms with Gasteiger partial charge in [-0.05, 0) is 47.7 Å². The van der Waals surface area contributed by atoms with Gasteiger partial charge in [0.15, 0.2) is 0 Å². The zero-order chi connectivity index (χ0) is 14.5. The first kappa shape index (κ1) is 15.9. The van der Waals surface area contributed by atoms with Crippen LogP contribution in [0.3, 0.4) is 0 Å². The van der Waals surface area contributed by atoms with Crippen molar-refractivity contribution in [3.63, 3.8) is 0 Å². The molecule has 20 heavy (non-hydrogen) atoms. The third-order valence-electron chi connectivity index (χ3n) is 3.32. The van der Waals surface area contributed by atoms with Crippen LogP contribution in [0, 0.1) is 0 Å². The number of benzene rings is 2. The fourth-order valence-electron chi connectivity index (χ4n) is 2.12. The van der Waals surface area contributed by atoms with Crippen LogP contribution < -0.4 is 0 Å². The first-order valence-corrected chi connectivity index (χ1v) is 8.47. The van der Waals surface area contributed by atoms with Crippen LogP contribution in [0.1, 0.15) is 41.3 Å². The number of halogens is 3. The summed E-state index contributed by atoms with van der Waals surface area (Å²) < 4.78 is 0. The van der Waals surface area contributed by atoms with Gasteiger partial charge in [-0.15, -0.1) is 0 Å². The Bertz CT molecular complexity index is 564. The molecule has 0 saturated carbocycles. The first-order chi connectivity index (χ1) is 9.61. The van der Waals surface area contributed by atoms with E-state index in [1.807, 2.05) is 12.1 Å². The van der Waals surface area contributed by atoms with E-state index in [0.29, 0.717) is 5.02 Å². The molecule has 0 fully saturated rings. The molecule has 1 atom stereocenters. The minimum Gasteiger partial charge on any atom is -0.0843 e. The van der Waals surface area contributed by atoms with Gasteiger partial charge < -0.3 is 0 Å². The van der Waals surface area contributed by atoms with Crippen molar-refractivity contribution in [1.29, 1.82) is 0 Å². The lowest BCUT2D eigenvalue weighted by atomic mass is 10.0. The predicted molar refractivity (Wildman–Crippen MR) is 92.3 cm³/mol. The van der Waals surface area contributed by atoms with Gasteiger partial charge >= 0.3 is 0 Å². The molecule has 0 radical (unpaired) electrons. The minimum absolute atomic E-state index is 0.0638. The molecular formula is C17H17BrCl2. The Hall–Kier alpha value is -0.500. The molecule has 2 rings (SSSR count). The summed E-state index contributed by atoms with van der Waals surface area (Å²) in [4.78, 5) is 0.0638. The molecule has 2 aromatic carbocycles. The van der Waals surface area contributed by atoms with Crippen molar-refractivity contribution < 1.29 is 0 Å². The SMILES string of the molecule is CCCCc1ccc(C(Br)c2cc(Cl)ccc2Cl)cc1. The van der Waals surface area contributed by atoms with Gasteiger partial charge in [0.05, 0.1) is 4.83 Å². The van der Waals surface area contributed by atoms with Crippen molar-refractivity contribution in [3.8, 4) is 0 Å². The number of hydrogen-bond donors (Lipinski definition) is 0. The zero-order valence-corrected chi connectivity index (χ0v) is 14.5. The van der Waals surface area contributed by atoms with Crippen molar-refractivity contribution in [2.45, 2.75) is 31.0 Å². The lowest BCUT2D eigenvalue weighted by Gasteiger charge is -2.13. The number of alkyl halides is 1. The molecule has 0 N–H and O–H groups in total. The zero-order valence-electron chi connectivity index (χ0n) is 11.4. The molecule has 2 aromatic rings. The molecular weight excluding hydrogens is 355 g/mol. The van der Waals surface area contributed by atoms with Crippen molar-refractivity contribution in [1.82, 2.24) is 0 Å². The van der Waals surface area contributed by atoms with Gasteiger partial charge in [0, 0.05) is 10.0 Å². The average Bonchev–Trinajstić information content (AvgIpc) is 2.47. The molecule has 0 spiro atoms. The molecule has 0 saturated heterocycles. The van der Waals surface area contributed by atoms with Crippen LogP contribution in [0.25, 0.3) is 0 Å². The maximum absolute atomic E-state index is 6.25. The summed E-state index contributed by atoms with van der Waals surface area (Å²) >= 11 is 16.0. The lowest BCUT2D eigenvalue weighted by molar-refractivity contribution is 0.795. The van der Waals surface area contributed by atoms with E-state index in [0.717, 1.165) is 17.0 Å². The fourth-order valence-corrected chi connectivity index (χ4v) is 3.35. The predicted octanol–water partition coefficient (Wildman–Crippen LogP) is 6.82. The molecule has 3 heteroatoms. The Balaban J connectivity index is 2.20. The Morgan fingerprint density at radius 1 is 1.05 bits per heavy atom. The standard InChI is InChI=1S/C17H17BrCl2/c1-2-3-4-12-5-7-13(8-6-12)17(18)15-11-14(19)9-10-16(15)20/h5-11,17H,2-4H2,1H3. The minimum atomic E-state index is 0.0638. The van der Waals surface area contributed by atoms with Crippen molar-refractivity contribution in [2.24, 2.45) is 0 Å². The highest BCUT2D eigenvalue weighted by Gasteiger charge is 2.14. The summed E-state index contributed by atoms with van der Waals surface area (Å²) in [6.07, 6.45) is 3.60. The van der Waals surface area contributed by atoms with Crippen molar-refractivity contribution in [2.75, 3.05) is 0 Å². The van der Waals surface area contributed by atoms with Gasteiger partial charge in [0.2, 0.25) is 0 Å². The second-order valence-corrected chi connectivity index (χ2v) is 6.63. The normalized spacial score (nSPS) is 12.4. The monoisotopic (exact) mass is 370 g/mol. The first-order valence-electron chi connectivity index (χ1n) is 6.79. The molecule has 0 bridgehead atoms. The fraction of sp³-hybridized carbons (Fsp3) is 0.294. The second-order valence-electron chi connectivity index (χ2n) is 4.87. The third kappa shape index (κ3) is 4.00. The molecule has 0 nitrogen and oxygen atoms in total. The molecule has 0 amide bonds. The summed E-state index contributed by atoms with van der Waals surface area (Å²) in [6, 6.07) is 14.2. The summed E-state index contributed by atoms with van der Waals surface area (Å²) in [5.74, 6) is 0. The van der Waals surface area contributed by atoms with E-state index in [2.05, 4.69) is 47.1 Å². The Kier molecular flexibility index (Phi) is 5.95. The smallest absolute Gasteiger partial charge is 0.0659 e. The van der Waals surface area contributed by atoms with Crippen molar-refractivity contribution in [3.05, 3.63) is 69.2 Å². The molecule has 0 aliphatic carbocycles. The van der Waals surface area contributed by atoms with E-state index >= 15 is 0 Å².